The lowest BCUT2D eigenvalue weighted by Crippen LogP contribution is -2.33. The van der Waals surface area contributed by atoms with E-state index in [1.165, 1.54) is 43.2 Å². The molecule has 16 heterocycles. The molecule has 123 heavy (non-hydrogen) atoms. The van der Waals surface area contributed by atoms with Crippen molar-refractivity contribution in [2.75, 3.05) is 68.3 Å². The first-order chi connectivity index (χ1) is 58.3. The monoisotopic (exact) mass is 1850 g/mol. The number of H-pyrrole nitrogens is 4. The first kappa shape index (κ1) is 87.2. The van der Waals surface area contributed by atoms with Gasteiger partial charge in [-0.25, -0.2) is 62.3 Å². The second-order valence-electron chi connectivity index (χ2n) is 28.1. The van der Waals surface area contributed by atoms with Crippen molar-refractivity contribution < 1.29 is 131 Å². The van der Waals surface area contributed by atoms with Gasteiger partial charge in [-0.2, -0.15) is 19.9 Å². The van der Waals surface area contributed by atoms with Crippen LogP contribution in [0.5, 0.6) is 0 Å². The summed E-state index contributed by atoms with van der Waals surface area (Å²) >= 11 is 6.12. The van der Waals surface area contributed by atoms with Gasteiger partial charge in [0.1, 0.15) is 127 Å². The van der Waals surface area contributed by atoms with E-state index in [9.17, 15) is 86.3 Å². The Hall–Kier alpha value is -9.32. The number of aromatic amines is 4. The predicted molar refractivity (Wildman–Crippen MR) is 404 cm³/mol. The van der Waals surface area contributed by atoms with Crippen molar-refractivity contribution in [2.45, 2.75) is 149 Å². The Kier molecular flexibility index (Phi) is 24.2. The minimum absolute atomic E-state index is 0.0343. The number of ether oxygens (including phenoxy) is 6. The number of nitrogen functional groups attached to an aromatic ring is 5. The summed E-state index contributed by atoms with van der Waals surface area (Å²) in [6.07, 6.45) is -22.3. The van der Waals surface area contributed by atoms with Gasteiger partial charge in [-0.05, 0) is 6.07 Å². The number of imidazole rings is 4. The highest BCUT2D eigenvalue weighted by Gasteiger charge is 2.52. The number of nitrogens with zero attached hydrogens (tertiary/aromatic N) is 16. The highest BCUT2D eigenvalue weighted by Crippen LogP contribution is 2.57. The largest absolute Gasteiger partial charge is 0.472 e. The number of rotatable bonds is 32. The van der Waals surface area contributed by atoms with E-state index in [4.69, 9.17) is 114 Å². The summed E-state index contributed by atoms with van der Waals surface area (Å²) in [5.41, 5.74) is 22.9. The fourth-order valence-electron chi connectivity index (χ4n) is 14.4. The topological polar surface area (TPSA) is 829 Å². The summed E-state index contributed by atoms with van der Waals surface area (Å²) in [6, 6.07) is 1.29. The Morgan fingerprint density at radius 1 is 0.415 bits per heavy atom. The number of anilines is 5. The minimum atomic E-state index is -5.66. The van der Waals surface area contributed by atoms with Crippen molar-refractivity contribution in [3.05, 3.63) is 118 Å². The zero-order valence-electron chi connectivity index (χ0n) is 62.3. The molecule has 0 aliphatic carbocycles. The Morgan fingerprint density at radius 2 is 0.748 bits per heavy atom. The van der Waals surface area contributed by atoms with Crippen LogP contribution in [0.25, 0.3) is 44.7 Å². The molecule has 664 valence electrons. The molecule has 59 nitrogen and oxygen atoms in total. The summed E-state index contributed by atoms with van der Waals surface area (Å²) in [5, 5.41) is 20.6. The first-order valence-electron chi connectivity index (χ1n) is 36.2. The number of fused-ring (bicyclic) bond motifs is 4. The third kappa shape index (κ3) is 18.8. The molecule has 65 heteroatoms. The van der Waals surface area contributed by atoms with Crippen molar-refractivity contribution in [3.63, 3.8) is 0 Å². The van der Waals surface area contributed by atoms with E-state index in [1.54, 1.807) is 0 Å². The lowest BCUT2D eigenvalue weighted by Gasteiger charge is -2.26. The summed E-state index contributed by atoms with van der Waals surface area (Å²) in [4.78, 5) is 183. The van der Waals surface area contributed by atoms with Crippen LogP contribution in [-0.4, -0.2) is 245 Å². The number of nitrogens with one attached hydrogen (secondary N) is 4. The average molecular weight is 1850 g/mol. The van der Waals surface area contributed by atoms with Gasteiger partial charge >= 0.3 is 50.5 Å². The van der Waals surface area contributed by atoms with Crippen LogP contribution in [0.1, 0.15) is 75.9 Å². The highest BCUT2D eigenvalue weighted by atomic mass is 35.5. The van der Waals surface area contributed by atoms with Gasteiger partial charge in [0.15, 0.2) is 45.0 Å². The molecular formula is C58H71ClN25O34P5. The molecular weight excluding hydrogens is 1780 g/mol. The molecule has 0 amide bonds. The summed E-state index contributed by atoms with van der Waals surface area (Å²) < 4.78 is 169. The number of aliphatic hydroxyl groups excluding tert-OH is 2. The van der Waals surface area contributed by atoms with Crippen LogP contribution in [0.15, 0.2) is 78.9 Å². The molecule has 6 fully saturated rings. The van der Waals surface area contributed by atoms with Crippen molar-refractivity contribution in [3.8, 4) is 0 Å². The summed E-state index contributed by atoms with van der Waals surface area (Å²) in [7, 11) is -27.6. The summed E-state index contributed by atoms with van der Waals surface area (Å²) in [5.74, 6) is -1.21. The molecule has 0 radical (unpaired) electrons. The van der Waals surface area contributed by atoms with Crippen LogP contribution in [0, 0.1) is 0 Å². The maximum atomic E-state index is 14.5. The zero-order valence-corrected chi connectivity index (χ0v) is 67.5. The average Bonchev–Trinajstić information content (AvgIpc) is 1.64. The maximum Gasteiger partial charge on any atom is 0.472 e. The van der Waals surface area contributed by atoms with Crippen LogP contribution >= 0.6 is 50.7 Å². The lowest BCUT2D eigenvalue weighted by atomic mass is 10.2. The van der Waals surface area contributed by atoms with Crippen LogP contribution in [0.2, 0.25) is 5.02 Å². The normalized spacial score (nSPS) is 29.3. The molecule has 16 rings (SSSR count). The number of phosphoric ester groups is 5. The van der Waals surface area contributed by atoms with Crippen LogP contribution in [-0.2, 0) is 96.5 Å². The number of nitrogens with two attached hydrogens (primary N) is 5. The predicted octanol–water partition coefficient (Wildman–Crippen LogP) is -2.81. The van der Waals surface area contributed by atoms with Crippen LogP contribution in [0.4, 0.5) is 29.5 Å². The molecule has 6 aliphatic rings. The molecule has 0 spiro atoms. The van der Waals surface area contributed by atoms with Gasteiger partial charge in [-0.15, -0.1) is 0 Å². The second kappa shape index (κ2) is 34.2. The van der Waals surface area contributed by atoms with Gasteiger partial charge in [0.2, 0.25) is 17.8 Å². The third-order valence-corrected chi connectivity index (χ3v) is 25.3. The smallest absolute Gasteiger partial charge is 0.394 e. The molecule has 23 atom stereocenters. The third-order valence-electron chi connectivity index (χ3n) is 20.0. The van der Waals surface area contributed by atoms with Gasteiger partial charge in [-0.3, -0.25) is 112 Å². The van der Waals surface area contributed by atoms with E-state index in [1.807, 2.05) is 4.98 Å². The lowest BCUT2D eigenvalue weighted by molar-refractivity contribution is -0.0645. The van der Waals surface area contributed by atoms with Gasteiger partial charge in [-0.1, -0.05) is 11.6 Å². The molecule has 6 saturated heterocycles. The molecule has 21 N–H and O–H groups in total. The number of hydrogen-bond acceptors (Lipinski definition) is 44. The maximum absolute atomic E-state index is 14.5. The van der Waals surface area contributed by atoms with E-state index in [2.05, 4.69) is 64.8 Å². The van der Waals surface area contributed by atoms with E-state index < -0.39 is 254 Å². The van der Waals surface area contributed by atoms with Crippen molar-refractivity contribution >= 4 is 125 Å². The SMILES string of the molecule is Nc1ccn([C@H]2C[C@H](O)[C@@H](COP(=O)(O)O[C@H]3C[C@H](n4cnc5c(=O)[nH]c(N)nc54)O[C@@H]3COP(=O)(O)O[C@H]3C[C@H](n4cc(Cl)c(=O)[nH]c4=O)O[C@@H]3COP(=O)(O)O[C@H]3C[C@H](n4cnc5c(N)ncnc54)O[C@@H]3COP(=O)(O)O[C@H]3C[C@H](n4cnc5c(=O)[nH]c(N)nc54)O[C@@H]3COP(=O)(O)O[C@H]3C[C@H](n4cnc5c(=O)[nH]c(N)nc54)O[C@@H]3CO)O2)c(=O)n1. The Bertz CT molecular complexity index is 6350. The Balaban J connectivity index is 0.612. The molecule has 10 aromatic heterocycles. The first-order valence-corrected chi connectivity index (χ1v) is 44.1. The molecule has 0 bridgehead atoms. The number of aliphatic hydroxyl groups is 2. The minimum Gasteiger partial charge on any atom is -0.394 e. The van der Waals surface area contributed by atoms with Crippen LogP contribution < -0.4 is 62.3 Å². The number of hydrogen-bond donors (Lipinski definition) is 16. The quantitative estimate of drug-likeness (QED) is 0.0189. The molecule has 5 unspecified atom stereocenters. The van der Waals surface area contributed by atoms with Gasteiger partial charge in [0, 0.05) is 50.9 Å². The van der Waals surface area contributed by atoms with Crippen molar-refractivity contribution in [1.82, 2.24) is 97.2 Å². The number of phosphoric acid groups is 5. The standard InChI is InChI=1S/C58H71ClN25O34P5/c59-21-9-80(58(92)78-50(21)87)36-5-24(115-121(97,98)107-15-33-26(7-39(113-33)83-19-69-43-48(83)73-55(63)76-52(43)89)116-119(93,94)103-11-29-22(86)3-35(109-29)79-2-1-34(60)71-57(79)91)30(110-36)12-105-122(99,100)117-25-6-37(81-17-67-41-45(61)65-16-66-46(41)81)111-31(25)13-106-123(101,102)118-27-8-40(84-20-70-44-49(84)74-56(64)77-53(44)90)112-32(27)14-104-120(95,96)114-23-4-38(108-28(23)10-85)82-18-68-42-47(82)72-54(62)75-51(42)88/h1-2,9,16-20,22-33,35-40,85-86H,3-8,10-15H2,(H,93,94)(H,95,96)(H,97,98)(H,99,100)(H,101,102)(H2,60,71,91)(H2,61,65,66)(H,78,87,92)(H3,62,72,75,88)(H3,63,73,76,89)(H3,64,74,77,90)/t22-,23-,24-,25-,26-,27-,28+,29+,30+,31+,32+,33+,35+,36+,37+,38+,39+,40+/m0/s1. The van der Waals surface area contributed by atoms with E-state index in [0.717, 1.165) is 34.3 Å². The number of halogens is 1. The van der Waals surface area contributed by atoms with Gasteiger partial charge < -0.3 is 91.8 Å². The summed E-state index contributed by atoms with van der Waals surface area (Å²) in [6.45, 7) is -5.99. The molecule has 6 aliphatic heterocycles. The molecule has 0 aromatic carbocycles. The zero-order chi connectivity index (χ0) is 87.3. The molecule has 10 aromatic rings. The fourth-order valence-corrected chi connectivity index (χ4v) is 19.4. The number of aromatic nitrogens is 20. The van der Waals surface area contributed by atoms with Crippen LogP contribution in [0.3, 0.4) is 0 Å². The van der Waals surface area contributed by atoms with Gasteiger partial charge in [0.05, 0.1) is 71.1 Å². The fraction of sp³-hybridized carbons (Fsp3) is 0.517. The molecule has 0 saturated carbocycles. The van der Waals surface area contributed by atoms with Crippen molar-refractivity contribution in [2.24, 2.45) is 0 Å². The Morgan fingerprint density at radius 3 is 1.13 bits per heavy atom. The highest BCUT2D eigenvalue weighted by molar-refractivity contribution is 7.48. The van der Waals surface area contributed by atoms with Gasteiger partial charge in [0.25, 0.3) is 22.2 Å². The second-order valence-corrected chi connectivity index (χ2v) is 35.5. The van der Waals surface area contributed by atoms with E-state index >= 15 is 0 Å². The van der Waals surface area contributed by atoms with E-state index in [-0.39, 0.29) is 87.0 Å². The van der Waals surface area contributed by atoms with E-state index in [0.29, 0.717) is 0 Å². The Labute approximate surface area is 685 Å². The van der Waals surface area contributed by atoms with Crippen molar-refractivity contribution in [1.29, 1.82) is 0 Å².